The molecule has 0 atom stereocenters. The van der Waals surface area contributed by atoms with Crippen LogP contribution in [0.3, 0.4) is 0 Å². The highest BCUT2D eigenvalue weighted by atomic mass is 14.9. The second-order valence-electron chi connectivity index (χ2n) is 35.8. The summed E-state index contributed by atoms with van der Waals surface area (Å²) in [6.45, 7) is 12.3. The quantitative estimate of drug-likeness (QED) is 0.106. The van der Waals surface area contributed by atoms with Crippen LogP contribution in [0.2, 0.25) is 0 Å². The van der Waals surface area contributed by atoms with Crippen molar-refractivity contribution in [2.24, 2.45) is 42.3 Å². The molecule has 18 rings (SSSR count). The van der Waals surface area contributed by atoms with Crippen LogP contribution in [-0.2, 0) is 55.0 Å². The molecule has 7 aromatic heterocycles. The van der Waals surface area contributed by atoms with Crippen molar-refractivity contribution in [2.75, 3.05) is 0 Å². The van der Waals surface area contributed by atoms with Gasteiger partial charge in [0, 0.05) is 137 Å². The maximum absolute atomic E-state index is 7.98. The van der Waals surface area contributed by atoms with Crippen LogP contribution in [-0.4, -0.2) is 4.98 Å². The second kappa shape index (κ2) is 45.3. The Morgan fingerprint density at radius 2 is 0.630 bits per heavy atom. The molecule has 0 unspecified atom stereocenters. The van der Waals surface area contributed by atoms with Gasteiger partial charge >= 0.3 is 0 Å². The molecule has 0 saturated heterocycles. The molecular weight excluding hydrogens is 1540 g/mol. The molecule has 0 spiro atoms. The lowest BCUT2D eigenvalue weighted by molar-refractivity contribution is -0.661. The Kier molecular flexibility index (Phi) is 26.6. The second-order valence-corrected chi connectivity index (χ2v) is 35.8. The lowest BCUT2D eigenvalue weighted by Crippen LogP contribution is -2.32. The Labute approximate surface area is 787 Å². The lowest BCUT2D eigenvalue weighted by Gasteiger charge is -2.14. The molecule has 0 radical (unpaired) electrons. The van der Waals surface area contributed by atoms with Crippen LogP contribution in [0.15, 0.2) is 268 Å². The van der Waals surface area contributed by atoms with Gasteiger partial charge in [-0.1, -0.05) is 199 Å². The molecule has 4 aliphatic carbocycles. The highest BCUT2D eigenvalue weighted by Gasteiger charge is 2.28. The topological polar surface area (TPSA) is 36.2 Å². The van der Waals surface area contributed by atoms with Crippen LogP contribution in [0.5, 0.6) is 0 Å². The van der Waals surface area contributed by atoms with Crippen molar-refractivity contribution >= 4 is 0 Å². The molecule has 0 amide bonds. The zero-order valence-corrected chi connectivity index (χ0v) is 78.7. The highest BCUT2D eigenvalue weighted by molar-refractivity contribution is 5.68. The fourth-order valence-corrected chi connectivity index (χ4v) is 19.1. The predicted octanol–water partition coefficient (Wildman–Crippen LogP) is 27.6. The number of hydrogen-bond acceptors (Lipinski definition) is 1. The SMILES string of the molecule is Cc1ccccc1-c1cc(C)c(C2CCCC2)c[n+]1C.Cc1ccccc1-c1cc(C2CCCC2)c(C)c[n+]1C.Cc1ccccc1-c1cc(C2CCCC2)cc[n+]1C.Cc1ccccc1-c1ccc(C2CCCC2)c[n+]1C.[2H]C([2H])([2H])C([2H])([2H])c1cnc(-c2ccccc2C)cc1C.[2H]C([2H])([2H])c1c[n+](C)c(-c2ccccc2C)cc1C([2H])([2H])C.[2H]C([2H])([2H])c1cc(-c2ccccc2C)[n+](C)cc1C([2H])([2H])[2H]. The average Bonchev–Trinajstić information content (AvgIpc) is 1.74. The van der Waals surface area contributed by atoms with Gasteiger partial charge in [-0.05, 0) is 304 Å². The van der Waals surface area contributed by atoms with Gasteiger partial charge in [0.05, 0.1) is 5.69 Å². The molecule has 4 aliphatic rings. The van der Waals surface area contributed by atoms with Gasteiger partial charge in [0.25, 0.3) is 0 Å². The van der Waals surface area contributed by atoms with Gasteiger partial charge in [-0.3, -0.25) is 4.98 Å². The summed E-state index contributed by atoms with van der Waals surface area (Å²) >= 11 is 0. The number of pyridine rings is 7. The Morgan fingerprint density at radius 3 is 1.05 bits per heavy atom. The molecule has 4 saturated carbocycles. The summed E-state index contributed by atoms with van der Waals surface area (Å²) in [7, 11) is 12.2. The first kappa shape index (κ1) is 74.7. The van der Waals surface area contributed by atoms with Crippen molar-refractivity contribution < 1.29 is 49.3 Å². The van der Waals surface area contributed by atoms with E-state index in [1.165, 1.54) is 224 Å². The van der Waals surface area contributed by atoms with Crippen molar-refractivity contribution in [1.82, 2.24) is 4.98 Å². The van der Waals surface area contributed by atoms with E-state index in [1.54, 1.807) is 53.4 Å². The van der Waals surface area contributed by atoms with Crippen LogP contribution in [0.1, 0.15) is 268 Å². The number of nitrogens with zero attached hydrogens (tertiary/aromatic N) is 7. The van der Waals surface area contributed by atoms with E-state index in [9.17, 15) is 0 Å². The summed E-state index contributed by atoms with van der Waals surface area (Å²) in [4.78, 5) is 4.26. The van der Waals surface area contributed by atoms with Crippen LogP contribution in [0, 0.1) is 89.8 Å². The number of aromatic nitrogens is 7. The first-order valence-corrected chi connectivity index (χ1v) is 46.0. The summed E-state index contributed by atoms with van der Waals surface area (Å²) in [5, 5.41) is 0. The largest absolute Gasteiger partial charge is 0.256 e. The maximum Gasteiger partial charge on any atom is 0.212 e. The summed E-state index contributed by atoms with van der Waals surface area (Å²) in [6, 6.07) is 76.7. The molecule has 0 bridgehead atoms. The van der Waals surface area contributed by atoms with E-state index in [1.807, 2.05) is 93.6 Å². The molecule has 7 aromatic carbocycles. The lowest BCUT2D eigenvalue weighted by atomic mass is 9.92. The van der Waals surface area contributed by atoms with Gasteiger partial charge in [-0.15, -0.1) is 0 Å². The monoisotopic (exact) mass is 1700 g/mol. The third-order valence-corrected chi connectivity index (χ3v) is 26.6. The minimum Gasteiger partial charge on any atom is -0.256 e. The summed E-state index contributed by atoms with van der Waals surface area (Å²) < 4.78 is 135. The van der Waals surface area contributed by atoms with Crippen LogP contribution in [0.4, 0.5) is 0 Å². The first-order valence-electron chi connectivity index (χ1n) is 54.0. The third-order valence-electron chi connectivity index (χ3n) is 26.6. The Morgan fingerprint density at radius 1 is 0.276 bits per heavy atom. The molecular formula is C120H147N7+6. The number of hydrogen-bond donors (Lipinski definition) is 0. The van der Waals surface area contributed by atoms with Crippen LogP contribution in [0.25, 0.3) is 78.8 Å². The fraction of sp³-hybridized carbons (Fsp3) is 0.358. The van der Waals surface area contributed by atoms with Gasteiger partial charge in [-0.2, -0.15) is 0 Å². The van der Waals surface area contributed by atoms with Crippen LogP contribution >= 0.6 is 0 Å². The van der Waals surface area contributed by atoms with E-state index in [2.05, 4.69) is 251 Å². The summed E-state index contributed by atoms with van der Waals surface area (Å²) in [6.07, 6.45) is 31.4. The molecule has 0 N–H and O–H groups in total. The van der Waals surface area contributed by atoms with E-state index in [-0.39, 0.29) is 27.8 Å². The minimum atomic E-state index is -2.72. The molecule has 0 aliphatic heterocycles. The van der Waals surface area contributed by atoms with E-state index >= 15 is 0 Å². The number of rotatable bonds is 13. The van der Waals surface area contributed by atoms with Crippen molar-refractivity contribution in [3.05, 3.63) is 374 Å². The first-order chi connectivity index (χ1) is 67.5. The Balaban J connectivity index is 0.000000149. The standard InChI is InChI=1S/2C19H24N.2C18H22N.C16H20N.C15H18N.C15H17N/c1-14-8-4-7-11-17(14)19-12-18(15(2)13-20(19)3)16-9-5-6-10-16;1-14-8-4-7-11-17(14)19-12-15(2)18(13-20(19)3)16-9-5-6-10-16;1-14-7-3-6-10-17(14)18-13-16(11-12-19(18)2)15-8-4-5-9-15;1-14-7-3-6-10-17(14)18-12-11-16(13-19(18)2)15-8-4-5-9-15;1-5-14-10-16(17(4)11-13(14)3)15-9-7-6-8-12(15)2;1-11-7-5-6-8-14(11)15-9-12(2)13(3)10-16(15)4;1-4-13-10-16-15(9-12(13)3)14-8-6-5-7-11(14)2/h2*4,7-8,11-13,16H,5-6,9-10H2,1-3H3;2*3,6-7,10-13,15H,4-5,8-9H2,1-2H3;6-11H,5H2,1-4H3;5-10H,1-4H3;5-10H,4H2,1-3H3/q6*+1;/i;;;;3D3,5D2;2D3,3D3;1D3,4D2. The Bertz CT molecular complexity index is 6610. The van der Waals surface area contributed by atoms with Gasteiger partial charge in [0.15, 0.2) is 37.2 Å². The minimum absolute atomic E-state index is 0.0554. The molecule has 127 heavy (non-hydrogen) atoms. The highest BCUT2D eigenvalue weighted by Crippen LogP contribution is 2.41. The van der Waals surface area contributed by atoms with Gasteiger partial charge in [-0.25, -0.2) is 27.4 Å². The van der Waals surface area contributed by atoms with Crippen molar-refractivity contribution in [3.8, 4) is 78.8 Å². The zero-order valence-electron chi connectivity index (χ0n) is 94.7. The molecule has 656 valence electrons. The normalized spacial score (nSPS) is 16.3. The number of benzene rings is 7. The van der Waals surface area contributed by atoms with Crippen molar-refractivity contribution in [2.45, 2.75) is 243 Å². The maximum atomic E-state index is 7.98. The molecule has 7 nitrogen and oxygen atoms in total. The van der Waals surface area contributed by atoms with Gasteiger partial charge < -0.3 is 0 Å². The predicted molar refractivity (Wildman–Crippen MR) is 533 cm³/mol. The van der Waals surface area contributed by atoms with Crippen molar-refractivity contribution in [3.63, 3.8) is 0 Å². The zero-order chi connectivity index (χ0) is 104. The van der Waals surface area contributed by atoms with E-state index in [4.69, 9.17) is 21.9 Å². The van der Waals surface area contributed by atoms with E-state index in [0.717, 1.165) is 68.4 Å². The van der Waals surface area contributed by atoms with Gasteiger partial charge in [0.1, 0.15) is 42.3 Å². The molecule has 7 heterocycles. The fourth-order valence-electron chi connectivity index (χ4n) is 19.1. The van der Waals surface area contributed by atoms with E-state index in [0.29, 0.717) is 11.3 Å². The number of aryl methyl sites for hydroxylation is 21. The Hall–Kier alpha value is -11.4. The molecule has 14 aromatic rings. The smallest absolute Gasteiger partial charge is 0.212 e. The summed E-state index contributed by atoms with van der Waals surface area (Å²) in [5.74, 6) is 3.13. The van der Waals surface area contributed by atoms with Crippen molar-refractivity contribution in [1.29, 1.82) is 0 Å². The molecule has 7 heteroatoms. The van der Waals surface area contributed by atoms with Gasteiger partial charge in [0.2, 0.25) is 34.2 Å². The molecule has 4 fully saturated rings. The van der Waals surface area contributed by atoms with Crippen LogP contribution < -0.4 is 27.4 Å². The average molecular weight is 1700 g/mol. The van der Waals surface area contributed by atoms with E-state index < -0.39 is 40.2 Å². The summed E-state index contributed by atoms with van der Waals surface area (Å²) in [5.41, 5.74) is 34.0. The third kappa shape index (κ3) is 24.3.